The lowest BCUT2D eigenvalue weighted by Crippen LogP contribution is -2.37. The van der Waals surface area contributed by atoms with Gasteiger partial charge >= 0.3 is 0 Å². The van der Waals surface area contributed by atoms with Crippen molar-refractivity contribution in [3.05, 3.63) is 53.6 Å². The maximum atomic E-state index is 13.2. The number of sulfonamides is 1. The Morgan fingerprint density at radius 1 is 0.939 bits per heavy atom. The first-order chi connectivity index (χ1) is 15.9. The van der Waals surface area contributed by atoms with Crippen molar-refractivity contribution in [2.45, 2.75) is 44.9 Å². The van der Waals surface area contributed by atoms with Gasteiger partial charge in [0.25, 0.3) is 5.91 Å². The average Bonchev–Trinajstić information content (AvgIpc) is 3.07. The first kappa shape index (κ1) is 25.1. The summed E-state index contributed by atoms with van der Waals surface area (Å²) in [6.45, 7) is 8.46. The number of carbonyl (C=O) groups is 1. The molecule has 0 saturated carbocycles. The highest BCUT2D eigenvalue weighted by molar-refractivity contribution is 7.89. The fourth-order valence-corrected chi connectivity index (χ4v) is 5.20. The van der Waals surface area contributed by atoms with Crippen LogP contribution in [-0.2, 0) is 10.0 Å². The molecule has 1 saturated heterocycles. The van der Waals surface area contributed by atoms with E-state index in [9.17, 15) is 13.2 Å². The first-order valence-corrected chi connectivity index (χ1v) is 13.1. The Balaban J connectivity index is 1.71. The van der Waals surface area contributed by atoms with Crippen LogP contribution in [0.25, 0.3) is 0 Å². The number of hydrogen-bond donors (Lipinski definition) is 0. The minimum absolute atomic E-state index is 0.134. The van der Waals surface area contributed by atoms with Gasteiger partial charge in [0.15, 0.2) is 11.5 Å². The molecule has 8 heteroatoms. The summed E-state index contributed by atoms with van der Waals surface area (Å²) in [5.74, 6) is 1.05. The van der Waals surface area contributed by atoms with E-state index in [4.69, 9.17) is 9.47 Å². The lowest BCUT2D eigenvalue weighted by atomic mass is 10.1. The topological polar surface area (TPSA) is 76.2 Å². The molecule has 1 heterocycles. The predicted octanol–water partition coefficient (Wildman–Crippen LogP) is 4.11. The normalized spacial score (nSPS) is 15.2. The third kappa shape index (κ3) is 6.26. The molecule has 0 bridgehead atoms. The van der Waals surface area contributed by atoms with Crippen LogP contribution >= 0.6 is 0 Å². The van der Waals surface area contributed by atoms with Gasteiger partial charge in [-0.25, -0.2) is 8.42 Å². The first-order valence-electron chi connectivity index (χ1n) is 11.6. The van der Waals surface area contributed by atoms with Crippen molar-refractivity contribution >= 4 is 15.9 Å². The highest BCUT2D eigenvalue weighted by Gasteiger charge is 2.28. The van der Waals surface area contributed by atoms with E-state index in [0.29, 0.717) is 56.3 Å². The number of aryl methyl sites for hydroxylation is 1. The summed E-state index contributed by atoms with van der Waals surface area (Å²) in [4.78, 5) is 15.2. The van der Waals surface area contributed by atoms with Gasteiger partial charge in [-0.2, -0.15) is 4.31 Å². The summed E-state index contributed by atoms with van der Waals surface area (Å²) >= 11 is 0. The monoisotopic (exact) mass is 474 g/mol. The zero-order valence-corrected chi connectivity index (χ0v) is 20.6. The van der Waals surface area contributed by atoms with Crippen molar-refractivity contribution in [2.24, 2.45) is 0 Å². The Bertz CT molecular complexity index is 1040. The standard InChI is InChI=1S/C25H34N2O5S/c1-4-6-18-32-23-13-10-21(19-24(23)31-5-2)25(28)26-14-7-15-27(17-16-26)33(29,30)22-11-8-20(3)9-12-22/h8-13,19H,4-7,14-18H2,1-3H3. The van der Waals surface area contributed by atoms with E-state index < -0.39 is 10.0 Å². The minimum atomic E-state index is -3.59. The van der Waals surface area contributed by atoms with Crippen LogP contribution in [0.15, 0.2) is 47.4 Å². The molecular formula is C25H34N2O5S. The molecule has 3 rings (SSSR count). The lowest BCUT2D eigenvalue weighted by molar-refractivity contribution is 0.0763. The number of rotatable bonds is 9. The van der Waals surface area contributed by atoms with Gasteiger partial charge in [-0.1, -0.05) is 31.0 Å². The summed E-state index contributed by atoms with van der Waals surface area (Å²) in [7, 11) is -3.59. The number of nitrogens with zero attached hydrogens (tertiary/aromatic N) is 2. The van der Waals surface area contributed by atoms with E-state index in [1.165, 1.54) is 4.31 Å². The van der Waals surface area contributed by atoms with E-state index in [-0.39, 0.29) is 17.3 Å². The van der Waals surface area contributed by atoms with Crippen LogP contribution in [-0.4, -0.2) is 62.9 Å². The van der Waals surface area contributed by atoms with Crippen molar-refractivity contribution < 1.29 is 22.7 Å². The second kappa shape index (κ2) is 11.5. The van der Waals surface area contributed by atoms with Gasteiger partial charge < -0.3 is 14.4 Å². The van der Waals surface area contributed by atoms with E-state index >= 15 is 0 Å². The number of ether oxygens (including phenoxy) is 2. The van der Waals surface area contributed by atoms with Crippen LogP contribution < -0.4 is 9.47 Å². The van der Waals surface area contributed by atoms with E-state index in [0.717, 1.165) is 18.4 Å². The number of unbranched alkanes of at least 4 members (excludes halogenated alkanes) is 1. The number of benzene rings is 2. The molecule has 0 aliphatic carbocycles. The van der Waals surface area contributed by atoms with Crippen molar-refractivity contribution in [3.63, 3.8) is 0 Å². The van der Waals surface area contributed by atoms with Crippen LogP contribution in [0, 0.1) is 6.92 Å². The Morgan fingerprint density at radius 2 is 1.70 bits per heavy atom. The zero-order valence-electron chi connectivity index (χ0n) is 19.7. The fourth-order valence-electron chi connectivity index (χ4n) is 3.73. The van der Waals surface area contributed by atoms with E-state index in [1.54, 1.807) is 47.4 Å². The SMILES string of the molecule is CCCCOc1ccc(C(=O)N2CCCN(S(=O)(=O)c3ccc(C)cc3)CC2)cc1OCC. The van der Waals surface area contributed by atoms with Gasteiger partial charge in [0, 0.05) is 31.7 Å². The molecule has 0 radical (unpaired) electrons. The molecule has 1 amide bonds. The fraction of sp³-hybridized carbons (Fsp3) is 0.480. The molecule has 0 unspecified atom stereocenters. The summed E-state index contributed by atoms with van der Waals surface area (Å²) in [5, 5.41) is 0. The maximum absolute atomic E-state index is 13.2. The number of amides is 1. The Hall–Kier alpha value is -2.58. The van der Waals surface area contributed by atoms with Crippen molar-refractivity contribution in [1.82, 2.24) is 9.21 Å². The molecule has 0 N–H and O–H groups in total. The Morgan fingerprint density at radius 3 is 2.39 bits per heavy atom. The second-order valence-electron chi connectivity index (χ2n) is 8.16. The molecule has 7 nitrogen and oxygen atoms in total. The Kier molecular flexibility index (Phi) is 8.74. The molecule has 0 aromatic heterocycles. The average molecular weight is 475 g/mol. The highest BCUT2D eigenvalue weighted by Crippen LogP contribution is 2.29. The van der Waals surface area contributed by atoms with Crippen LogP contribution in [0.5, 0.6) is 11.5 Å². The zero-order chi connectivity index (χ0) is 23.8. The van der Waals surface area contributed by atoms with Crippen LogP contribution in [0.2, 0.25) is 0 Å². The molecule has 0 spiro atoms. The third-order valence-corrected chi connectivity index (χ3v) is 7.56. The molecule has 2 aromatic carbocycles. The van der Waals surface area contributed by atoms with Crippen molar-refractivity contribution in [1.29, 1.82) is 0 Å². The highest BCUT2D eigenvalue weighted by atomic mass is 32.2. The summed E-state index contributed by atoms with van der Waals surface area (Å²) in [5.41, 5.74) is 1.52. The quantitative estimate of drug-likeness (QED) is 0.511. The van der Waals surface area contributed by atoms with Gasteiger partial charge in [-0.15, -0.1) is 0 Å². The van der Waals surface area contributed by atoms with Crippen LogP contribution in [0.3, 0.4) is 0 Å². The van der Waals surface area contributed by atoms with Crippen molar-refractivity contribution in [2.75, 3.05) is 39.4 Å². The van der Waals surface area contributed by atoms with Gasteiger partial charge in [-0.05, 0) is 57.0 Å². The minimum Gasteiger partial charge on any atom is -0.490 e. The molecule has 0 atom stereocenters. The van der Waals surface area contributed by atoms with E-state index in [1.807, 2.05) is 13.8 Å². The number of carbonyl (C=O) groups excluding carboxylic acids is 1. The van der Waals surface area contributed by atoms with Gasteiger partial charge in [0.2, 0.25) is 10.0 Å². The molecule has 2 aromatic rings. The van der Waals surface area contributed by atoms with Gasteiger partial charge in [-0.3, -0.25) is 4.79 Å². The number of hydrogen-bond acceptors (Lipinski definition) is 5. The van der Waals surface area contributed by atoms with E-state index in [2.05, 4.69) is 6.92 Å². The van der Waals surface area contributed by atoms with Gasteiger partial charge in [0.05, 0.1) is 18.1 Å². The summed E-state index contributed by atoms with van der Waals surface area (Å²) in [6.07, 6.45) is 2.56. The van der Waals surface area contributed by atoms with Crippen molar-refractivity contribution in [3.8, 4) is 11.5 Å². The van der Waals surface area contributed by atoms with Gasteiger partial charge in [0.1, 0.15) is 0 Å². The smallest absolute Gasteiger partial charge is 0.254 e. The molecule has 33 heavy (non-hydrogen) atoms. The molecular weight excluding hydrogens is 440 g/mol. The second-order valence-corrected chi connectivity index (χ2v) is 10.1. The van der Waals surface area contributed by atoms with Crippen LogP contribution in [0.1, 0.15) is 49.0 Å². The lowest BCUT2D eigenvalue weighted by Gasteiger charge is -2.22. The molecule has 1 aliphatic heterocycles. The largest absolute Gasteiger partial charge is 0.490 e. The third-order valence-electron chi connectivity index (χ3n) is 5.65. The molecule has 180 valence electrons. The molecule has 1 aliphatic rings. The van der Waals surface area contributed by atoms with Crippen LogP contribution in [0.4, 0.5) is 0 Å². The Labute approximate surface area is 197 Å². The molecule has 1 fully saturated rings. The summed E-state index contributed by atoms with van der Waals surface area (Å²) < 4.78 is 39.1. The maximum Gasteiger partial charge on any atom is 0.254 e. The summed E-state index contributed by atoms with van der Waals surface area (Å²) in [6, 6.07) is 12.1. The predicted molar refractivity (Wildman–Crippen MR) is 128 cm³/mol.